The summed E-state index contributed by atoms with van der Waals surface area (Å²) in [4.78, 5) is 17.7. The van der Waals surface area contributed by atoms with Gasteiger partial charge in [-0.1, -0.05) is 0 Å². The molecule has 0 atom stereocenters. The van der Waals surface area contributed by atoms with E-state index >= 15 is 0 Å². The van der Waals surface area contributed by atoms with E-state index in [0.29, 0.717) is 9.22 Å². The summed E-state index contributed by atoms with van der Waals surface area (Å²) < 4.78 is 0.710. The van der Waals surface area contributed by atoms with Crippen molar-refractivity contribution in [1.82, 2.24) is 9.97 Å². The van der Waals surface area contributed by atoms with E-state index < -0.39 is 5.97 Å². The van der Waals surface area contributed by atoms with Crippen LogP contribution in [0.4, 0.5) is 0 Å². The maximum Gasteiger partial charge on any atom is 0.353 e. The number of pyridine rings is 1. The fourth-order valence-electron chi connectivity index (χ4n) is 1.29. The van der Waals surface area contributed by atoms with Crippen LogP contribution in [0.1, 0.15) is 16.1 Å². The number of nitrogens with one attached hydrogen (secondary N) is 1. The predicted molar refractivity (Wildman–Crippen MR) is 60.5 cm³/mol. The van der Waals surface area contributed by atoms with Crippen molar-refractivity contribution in [3.63, 3.8) is 0 Å². The Morgan fingerprint density at radius 1 is 1.64 bits per heavy atom. The van der Waals surface area contributed by atoms with Crippen LogP contribution >= 0.6 is 22.6 Å². The van der Waals surface area contributed by atoms with Gasteiger partial charge in [-0.2, -0.15) is 0 Å². The predicted octanol–water partition coefficient (Wildman–Crippen LogP) is 2.17. The maximum absolute atomic E-state index is 10.8. The van der Waals surface area contributed by atoms with Crippen molar-refractivity contribution in [3.8, 4) is 0 Å². The second-order valence-electron chi connectivity index (χ2n) is 3.03. The minimum Gasteiger partial charge on any atom is -0.477 e. The highest BCUT2D eigenvalue weighted by Gasteiger charge is 2.15. The molecular weight excluding hydrogens is 295 g/mol. The first-order valence-electron chi connectivity index (χ1n) is 3.96. The van der Waals surface area contributed by atoms with Gasteiger partial charge in [0.2, 0.25) is 0 Å². The smallest absolute Gasteiger partial charge is 0.353 e. The molecule has 14 heavy (non-hydrogen) atoms. The molecule has 5 heteroatoms. The lowest BCUT2D eigenvalue weighted by Crippen LogP contribution is -1.98. The van der Waals surface area contributed by atoms with Gasteiger partial charge < -0.3 is 10.1 Å². The highest BCUT2D eigenvalue weighted by molar-refractivity contribution is 14.1. The number of carboxylic acids is 1. The summed E-state index contributed by atoms with van der Waals surface area (Å²) in [6.45, 7) is 1.93. The number of aryl methyl sites for hydroxylation is 1. The number of H-pyrrole nitrogens is 1. The van der Waals surface area contributed by atoms with E-state index in [2.05, 4.69) is 9.97 Å². The number of hydrogen-bond acceptors (Lipinski definition) is 2. The maximum atomic E-state index is 10.8. The lowest BCUT2D eigenvalue weighted by atomic mass is 10.2. The quantitative estimate of drug-likeness (QED) is 0.793. The van der Waals surface area contributed by atoms with E-state index in [-0.39, 0.29) is 5.69 Å². The fourth-order valence-corrected chi connectivity index (χ4v) is 2.07. The lowest BCUT2D eigenvalue weighted by molar-refractivity contribution is 0.0690. The van der Waals surface area contributed by atoms with E-state index in [1.807, 2.05) is 35.6 Å². The monoisotopic (exact) mass is 302 g/mol. The van der Waals surface area contributed by atoms with Gasteiger partial charge in [-0.3, -0.25) is 0 Å². The average molecular weight is 302 g/mol. The van der Waals surface area contributed by atoms with Gasteiger partial charge >= 0.3 is 5.97 Å². The number of aromatic amines is 1. The summed E-state index contributed by atoms with van der Waals surface area (Å²) in [6, 6.07) is 1.92. The van der Waals surface area contributed by atoms with Crippen molar-refractivity contribution in [2.24, 2.45) is 0 Å². The first-order chi connectivity index (χ1) is 6.59. The molecule has 2 aromatic heterocycles. The molecular formula is C9H7IN2O2. The minimum absolute atomic E-state index is 0.207. The summed E-state index contributed by atoms with van der Waals surface area (Å²) in [7, 11) is 0. The van der Waals surface area contributed by atoms with E-state index in [1.165, 1.54) is 0 Å². The van der Waals surface area contributed by atoms with Gasteiger partial charge in [-0.25, -0.2) is 9.78 Å². The molecule has 0 fully saturated rings. The van der Waals surface area contributed by atoms with Crippen LogP contribution in [0.3, 0.4) is 0 Å². The number of hydrogen-bond donors (Lipinski definition) is 2. The normalized spacial score (nSPS) is 10.7. The minimum atomic E-state index is -0.954. The Hall–Kier alpha value is -1.11. The third-order valence-corrected chi connectivity index (χ3v) is 3.06. The zero-order chi connectivity index (χ0) is 10.3. The van der Waals surface area contributed by atoms with Gasteiger partial charge in [0.1, 0.15) is 11.3 Å². The molecule has 0 radical (unpaired) electrons. The molecule has 0 unspecified atom stereocenters. The molecule has 72 valence electrons. The van der Waals surface area contributed by atoms with Gasteiger partial charge in [-0.15, -0.1) is 0 Å². The molecule has 2 heterocycles. The number of fused-ring (bicyclic) bond motifs is 1. The molecule has 0 saturated heterocycles. The van der Waals surface area contributed by atoms with Gasteiger partial charge in [-0.05, 0) is 41.1 Å². The Labute approximate surface area is 93.5 Å². The number of aromatic nitrogens is 2. The molecule has 0 aliphatic carbocycles. The molecule has 0 spiro atoms. The van der Waals surface area contributed by atoms with Crippen LogP contribution in [-0.4, -0.2) is 21.0 Å². The molecule has 2 aromatic rings. The number of carbonyl (C=O) groups is 1. The highest BCUT2D eigenvalue weighted by atomic mass is 127. The standard InChI is InChI=1S/C9H7IN2O2/c1-4-2-5-6(10)7(9(13)14)12-8(5)11-3-4/h2-3H,1H3,(H,11,12)(H,13,14). The number of halogens is 1. The SMILES string of the molecule is Cc1cnc2[nH]c(C(=O)O)c(I)c2c1. The Bertz CT molecular complexity index is 519. The van der Waals surface area contributed by atoms with Crippen LogP contribution in [0.2, 0.25) is 0 Å². The Balaban J connectivity index is 2.80. The van der Waals surface area contributed by atoms with Crippen LogP contribution in [0.25, 0.3) is 11.0 Å². The molecule has 0 saturated carbocycles. The average Bonchev–Trinajstić information content (AvgIpc) is 2.44. The van der Waals surface area contributed by atoms with Crippen molar-refractivity contribution in [1.29, 1.82) is 0 Å². The first-order valence-corrected chi connectivity index (χ1v) is 5.04. The van der Waals surface area contributed by atoms with Crippen LogP contribution in [0, 0.1) is 10.5 Å². The molecule has 2 rings (SSSR count). The molecule has 0 bridgehead atoms. The third-order valence-electron chi connectivity index (χ3n) is 1.94. The van der Waals surface area contributed by atoms with E-state index in [1.54, 1.807) is 6.20 Å². The van der Waals surface area contributed by atoms with E-state index in [0.717, 1.165) is 10.9 Å². The summed E-state index contributed by atoms with van der Waals surface area (Å²) in [5.74, 6) is -0.954. The van der Waals surface area contributed by atoms with Gasteiger partial charge in [0.25, 0.3) is 0 Å². The Morgan fingerprint density at radius 2 is 2.36 bits per heavy atom. The number of aromatic carboxylic acids is 1. The summed E-state index contributed by atoms with van der Waals surface area (Å²) in [5, 5.41) is 9.74. The zero-order valence-corrected chi connectivity index (χ0v) is 9.49. The van der Waals surface area contributed by atoms with Crippen molar-refractivity contribution in [3.05, 3.63) is 27.1 Å². The molecule has 4 nitrogen and oxygen atoms in total. The second-order valence-corrected chi connectivity index (χ2v) is 4.11. The molecule has 0 aromatic carbocycles. The summed E-state index contributed by atoms with van der Waals surface area (Å²) in [5.41, 5.74) is 1.85. The van der Waals surface area contributed by atoms with E-state index in [4.69, 9.17) is 5.11 Å². The molecule has 2 N–H and O–H groups in total. The fraction of sp³-hybridized carbons (Fsp3) is 0.111. The second kappa shape index (κ2) is 3.23. The zero-order valence-electron chi connectivity index (χ0n) is 7.34. The number of carboxylic acid groups (broad SMARTS) is 1. The van der Waals surface area contributed by atoms with Crippen molar-refractivity contribution in [2.75, 3.05) is 0 Å². The first kappa shape index (κ1) is 9.45. The third kappa shape index (κ3) is 1.37. The van der Waals surface area contributed by atoms with Crippen LogP contribution in [0.15, 0.2) is 12.3 Å². The van der Waals surface area contributed by atoms with Crippen molar-refractivity contribution in [2.45, 2.75) is 6.92 Å². The number of nitrogens with zero attached hydrogens (tertiary/aromatic N) is 1. The highest BCUT2D eigenvalue weighted by Crippen LogP contribution is 2.23. The van der Waals surface area contributed by atoms with Crippen LogP contribution in [-0.2, 0) is 0 Å². The lowest BCUT2D eigenvalue weighted by Gasteiger charge is -1.91. The molecule has 0 aliphatic rings. The van der Waals surface area contributed by atoms with Crippen LogP contribution in [0.5, 0.6) is 0 Å². The summed E-state index contributed by atoms with van der Waals surface area (Å²) in [6.07, 6.45) is 1.71. The number of rotatable bonds is 1. The van der Waals surface area contributed by atoms with Crippen molar-refractivity contribution < 1.29 is 9.90 Å². The van der Waals surface area contributed by atoms with Crippen LogP contribution < -0.4 is 0 Å². The van der Waals surface area contributed by atoms with Gasteiger partial charge in [0.05, 0.1) is 3.57 Å². The largest absolute Gasteiger partial charge is 0.477 e. The summed E-state index contributed by atoms with van der Waals surface area (Å²) >= 11 is 2.01. The molecule has 0 aliphatic heterocycles. The topological polar surface area (TPSA) is 66.0 Å². The molecule has 0 amide bonds. The van der Waals surface area contributed by atoms with Crippen molar-refractivity contribution >= 4 is 39.6 Å². The van der Waals surface area contributed by atoms with Gasteiger partial charge in [0.15, 0.2) is 0 Å². The Morgan fingerprint density at radius 3 is 3.00 bits per heavy atom. The Kier molecular flexibility index (Phi) is 2.18. The van der Waals surface area contributed by atoms with Gasteiger partial charge in [0, 0.05) is 11.6 Å². The van der Waals surface area contributed by atoms with E-state index in [9.17, 15) is 4.79 Å².